The van der Waals surface area contributed by atoms with E-state index in [1.165, 1.54) is 12.1 Å². The summed E-state index contributed by atoms with van der Waals surface area (Å²) < 4.78 is 38.1. The van der Waals surface area contributed by atoms with Gasteiger partial charge in [0.05, 0.1) is 0 Å². The highest BCUT2D eigenvalue weighted by Gasteiger charge is 2.44. The Morgan fingerprint density at radius 1 is 0.405 bits per heavy atom. The Kier molecular flexibility index (Phi) is 24.5. The standard InChI is InChI=1S/C26H60O6S2Si3/c1-9-17-27-36(28-18-10-2,29-19-11-3)25-23-33-35(15-7,16-8)34-24-26-37(30-20-12-4,31-21-13-5)32-22-14-6/h9-26H2,1-8H3. The summed E-state index contributed by atoms with van der Waals surface area (Å²) in [6, 6.07) is 4.27. The lowest BCUT2D eigenvalue weighted by Gasteiger charge is -2.33. The Morgan fingerprint density at radius 3 is 0.838 bits per heavy atom. The van der Waals surface area contributed by atoms with Crippen LogP contribution < -0.4 is 0 Å². The van der Waals surface area contributed by atoms with E-state index in [4.69, 9.17) is 26.6 Å². The summed E-state index contributed by atoms with van der Waals surface area (Å²) >= 11 is 4.38. The van der Waals surface area contributed by atoms with Crippen LogP contribution in [0.3, 0.4) is 0 Å². The average molecular weight is 617 g/mol. The highest BCUT2D eigenvalue weighted by molar-refractivity contribution is 8.58. The molecule has 0 bridgehead atoms. The summed E-state index contributed by atoms with van der Waals surface area (Å²) in [5, 5.41) is 0. The quantitative estimate of drug-likeness (QED) is 0.0813. The van der Waals surface area contributed by atoms with Crippen molar-refractivity contribution < 1.29 is 26.6 Å². The third-order valence-corrected chi connectivity index (χ3v) is 26.1. The van der Waals surface area contributed by atoms with Gasteiger partial charge in [0, 0.05) is 51.7 Å². The monoisotopic (exact) mass is 616 g/mol. The van der Waals surface area contributed by atoms with Crippen molar-refractivity contribution in [1.82, 2.24) is 0 Å². The molecule has 0 aliphatic carbocycles. The van der Waals surface area contributed by atoms with Crippen LogP contribution in [0.5, 0.6) is 0 Å². The second-order valence-electron chi connectivity index (χ2n) is 9.27. The van der Waals surface area contributed by atoms with Crippen LogP contribution in [0.4, 0.5) is 0 Å². The number of rotatable bonds is 28. The van der Waals surface area contributed by atoms with Crippen LogP contribution in [0.1, 0.15) is 93.9 Å². The van der Waals surface area contributed by atoms with Crippen molar-refractivity contribution in [2.75, 3.05) is 51.1 Å². The lowest BCUT2D eigenvalue weighted by atomic mass is 10.5. The average Bonchev–Trinajstić information content (AvgIpc) is 2.93. The Balaban J connectivity index is 5.35. The second kappa shape index (κ2) is 23.8. The summed E-state index contributed by atoms with van der Waals surface area (Å²) in [6.07, 6.45) is 4.31. The van der Waals surface area contributed by atoms with Crippen LogP contribution in [0.2, 0.25) is 24.2 Å². The SMILES string of the molecule is CCCO[Si](CCS[Si](CC)(CC)SCC[Si](OCCC)(OCCC)OCCC)(OCCC)OCCC. The first-order valence-corrected chi connectivity index (χ1v) is 24.7. The van der Waals surface area contributed by atoms with Gasteiger partial charge in [-0.2, -0.15) is 22.4 Å². The molecule has 0 radical (unpaired) electrons. The van der Waals surface area contributed by atoms with E-state index < -0.39 is 24.0 Å². The largest absolute Gasteiger partial charge is 0.501 e. The fourth-order valence-corrected chi connectivity index (χ4v) is 22.1. The van der Waals surface area contributed by atoms with Gasteiger partial charge in [0.1, 0.15) is 0 Å². The van der Waals surface area contributed by atoms with Gasteiger partial charge in [0.25, 0.3) is 0 Å². The smallest absolute Gasteiger partial charge is 0.373 e. The predicted octanol–water partition coefficient (Wildman–Crippen LogP) is 8.37. The van der Waals surface area contributed by atoms with E-state index in [1.54, 1.807) is 0 Å². The zero-order valence-electron chi connectivity index (χ0n) is 25.5. The number of hydrogen-bond acceptors (Lipinski definition) is 8. The molecule has 0 heterocycles. The lowest BCUT2D eigenvalue weighted by Crippen LogP contribution is -2.48. The molecular formula is C26H60O6S2Si3. The van der Waals surface area contributed by atoms with Crippen molar-refractivity contribution in [3.8, 4) is 0 Å². The molecule has 0 aromatic heterocycles. The topological polar surface area (TPSA) is 55.4 Å². The molecule has 0 aromatic rings. The van der Waals surface area contributed by atoms with Gasteiger partial charge in [-0.05, 0) is 62.1 Å². The molecular weight excluding hydrogens is 557 g/mol. The second-order valence-corrected chi connectivity index (χ2v) is 26.6. The molecule has 0 aliphatic rings. The molecule has 0 unspecified atom stereocenters. The van der Waals surface area contributed by atoms with Crippen molar-refractivity contribution >= 4 is 46.4 Å². The molecule has 0 aliphatic heterocycles. The summed E-state index contributed by atoms with van der Waals surface area (Å²) in [5.74, 6) is 2.08. The van der Waals surface area contributed by atoms with E-state index in [2.05, 4.69) is 77.8 Å². The molecule has 0 N–H and O–H groups in total. The molecule has 0 fully saturated rings. The molecule has 11 heteroatoms. The first-order chi connectivity index (χ1) is 17.9. The maximum absolute atomic E-state index is 6.35. The molecule has 0 aromatic carbocycles. The maximum atomic E-state index is 6.35. The van der Waals surface area contributed by atoms with E-state index in [-0.39, 0.29) is 0 Å². The molecule has 0 amide bonds. The summed E-state index contributed by atoms with van der Waals surface area (Å²) in [4.78, 5) is 0. The lowest BCUT2D eigenvalue weighted by molar-refractivity contribution is 0.0601. The van der Waals surface area contributed by atoms with Crippen LogP contribution in [-0.4, -0.2) is 75.1 Å². The summed E-state index contributed by atoms with van der Waals surface area (Å²) in [5.41, 5.74) is 0. The Hall–Kier alpha value is 1.11. The molecule has 37 heavy (non-hydrogen) atoms. The summed E-state index contributed by atoms with van der Waals surface area (Å²) in [6.45, 7) is 21.9. The van der Waals surface area contributed by atoms with Gasteiger partial charge >= 0.3 is 17.6 Å². The van der Waals surface area contributed by atoms with Gasteiger partial charge in [-0.1, -0.05) is 55.4 Å². The Labute approximate surface area is 241 Å². The highest BCUT2D eigenvalue weighted by atomic mass is 32.6. The third-order valence-electron chi connectivity index (χ3n) is 5.78. The molecule has 6 nitrogen and oxygen atoms in total. The van der Waals surface area contributed by atoms with Crippen molar-refractivity contribution in [1.29, 1.82) is 0 Å². The van der Waals surface area contributed by atoms with Crippen LogP contribution in [0, 0.1) is 0 Å². The predicted molar refractivity (Wildman–Crippen MR) is 170 cm³/mol. The van der Waals surface area contributed by atoms with E-state index in [0.29, 0.717) is 39.6 Å². The van der Waals surface area contributed by atoms with E-state index in [9.17, 15) is 0 Å². The van der Waals surface area contributed by atoms with Crippen molar-refractivity contribution in [3.63, 3.8) is 0 Å². The summed E-state index contributed by atoms with van der Waals surface area (Å²) in [7, 11) is -5.30. The zero-order chi connectivity index (χ0) is 27.9. The third kappa shape index (κ3) is 16.2. The first-order valence-electron chi connectivity index (χ1n) is 15.0. The van der Waals surface area contributed by atoms with E-state index in [1.807, 2.05) is 0 Å². The minimum atomic E-state index is -2.65. The first kappa shape index (κ1) is 38.1. The molecule has 0 spiro atoms. The van der Waals surface area contributed by atoms with E-state index in [0.717, 1.165) is 62.1 Å². The molecule has 0 rings (SSSR count). The Morgan fingerprint density at radius 2 is 0.649 bits per heavy atom. The van der Waals surface area contributed by atoms with Crippen molar-refractivity contribution in [2.45, 2.75) is 118 Å². The van der Waals surface area contributed by atoms with Gasteiger partial charge in [-0.25, -0.2) is 0 Å². The van der Waals surface area contributed by atoms with E-state index >= 15 is 0 Å². The van der Waals surface area contributed by atoms with Gasteiger partial charge in [0.15, 0.2) is 6.37 Å². The fourth-order valence-electron chi connectivity index (χ4n) is 3.65. The van der Waals surface area contributed by atoms with Crippen molar-refractivity contribution in [3.05, 3.63) is 0 Å². The minimum absolute atomic E-state index is 0.711. The van der Waals surface area contributed by atoms with Crippen LogP contribution >= 0.6 is 22.4 Å². The van der Waals surface area contributed by atoms with Gasteiger partial charge in [0.2, 0.25) is 0 Å². The highest BCUT2D eigenvalue weighted by Crippen LogP contribution is 2.41. The Bertz CT molecular complexity index is 435. The molecule has 0 saturated heterocycles. The van der Waals surface area contributed by atoms with Crippen molar-refractivity contribution in [2.24, 2.45) is 0 Å². The maximum Gasteiger partial charge on any atom is 0.501 e. The molecule has 224 valence electrons. The zero-order valence-corrected chi connectivity index (χ0v) is 30.1. The van der Waals surface area contributed by atoms with Crippen LogP contribution in [0.15, 0.2) is 0 Å². The molecule has 0 atom stereocenters. The fraction of sp³-hybridized carbons (Fsp3) is 1.00. The molecule has 0 saturated carbocycles. The minimum Gasteiger partial charge on any atom is -0.373 e. The van der Waals surface area contributed by atoms with Crippen LogP contribution in [0.25, 0.3) is 0 Å². The van der Waals surface area contributed by atoms with Gasteiger partial charge < -0.3 is 26.6 Å². The van der Waals surface area contributed by atoms with Gasteiger partial charge in [-0.15, -0.1) is 0 Å². The van der Waals surface area contributed by atoms with Gasteiger partial charge in [-0.3, -0.25) is 0 Å². The number of hydrogen-bond donors (Lipinski definition) is 0. The normalized spacial score (nSPS) is 13.0. The van der Waals surface area contributed by atoms with Crippen LogP contribution in [-0.2, 0) is 26.6 Å².